The molecule has 3 amide bonds. The third-order valence-electron chi connectivity index (χ3n) is 6.40. The Labute approximate surface area is 197 Å². The van der Waals surface area contributed by atoms with Crippen molar-refractivity contribution in [1.82, 2.24) is 5.32 Å². The first kappa shape index (κ1) is 21.3. The van der Waals surface area contributed by atoms with Crippen LogP contribution in [0.3, 0.4) is 0 Å². The number of rotatable bonds is 3. The average Bonchev–Trinajstić information content (AvgIpc) is 2.76. The van der Waals surface area contributed by atoms with E-state index in [-0.39, 0.29) is 11.9 Å². The van der Waals surface area contributed by atoms with Gasteiger partial charge in [-0.05, 0) is 62.7 Å². The number of halogens is 1. The number of para-hydroxylation sites is 1. The van der Waals surface area contributed by atoms with Crippen molar-refractivity contribution >= 4 is 34.9 Å². The first-order valence-corrected chi connectivity index (χ1v) is 11.2. The first-order chi connectivity index (χ1) is 15.8. The van der Waals surface area contributed by atoms with Crippen LogP contribution in [0.4, 0.5) is 16.2 Å². The van der Waals surface area contributed by atoms with Gasteiger partial charge in [0.15, 0.2) is 0 Å². The molecular formula is C26H24ClN3O3. The lowest BCUT2D eigenvalue weighted by atomic mass is 9.78. The monoisotopic (exact) mass is 461 g/mol. The summed E-state index contributed by atoms with van der Waals surface area (Å²) >= 11 is 6.26. The van der Waals surface area contributed by atoms with E-state index in [1.165, 1.54) is 4.90 Å². The highest BCUT2D eigenvalue weighted by Gasteiger charge is 2.60. The van der Waals surface area contributed by atoms with Gasteiger partial charge in [-0.15, -0.1) is 0 Å². The minimum absolute atomic E-state index is 0.249. The summed E-state index contributed by atoms with van der Waals surface area (Å²) in [6.45, 7) is 5.75. The minimum Gasteiger partial charge on any atom is -0.466 e. The molecule has 3 atom stereocenters. The lowest BCUT2D eigenvalue weighted by Gasteiger charge is -2.54. The van der Waals surface area contributed by atoms with Crippen LogP contribution in [0.1, 0.15) is 29.7 Å². The fraction of sp³-hybridized carbons (Fsp3) is 0.231. The summed E-state index contributed by atoms with van der Waals surface area (Å²) in [6, 6.07) is 19.4. The van der Waals surface area contributed by atoms with E-state index in [0.29, 0.717) is 22.0 Å². The number of carbonyl (C=O) groups is 2. The fourth-order valence-electron chi connectivity index (χ4n) is 4.88. The Morgan fingerprint density at radius 1 is 1.09 bits per heavy atom. The maximum Gasteiger partial charge on any atom is 0.325 e. The van der Waals surface area contributed by atoms with E-state index in [0.717, 1.165) is 16.8 Å². The average molecular weight is 462 g/mol. The standard InChI is InChI=1S/C26H24ClN3O3/c1-15-9-11-20(16(2)13-15)28-24(31)22-23-19-14-17(27)10-12-21(19)33-26(22,3)30(25(32)29-23)18-7-5-4-6-8-18/h4-14,22-23H,1-3H3,(H,28,31)(H,29,32)/t22-,23+,26+/m1/s1. The molecule has 7 heteroatoms. The van der Waals surface area contributed by atoms with Crippen LogP contribution in [0.15, 0.2) is 66.7 Å². The van der Waals surface area contributed by atoms with Crippen molar-refractivity contribution in [3.8, 4) is 5.75 Å². The predicted octanol–water partition coefficient (Wildman–Crippen LogP) is 5.59. The third-order valence-corrected chi connectivity index (χ3v) is 6.63. The van der Waals surface area contributed by atoms with Gasteiger partial charge in [0.25, 0.3) is 0 Å². The lowest BCUT2D eigenvalue weighted by Crippen LogP contribution is -2.72. The number of anilines is 2. The van der Waals surface area contributed by atoms with E-state index in [1.807, 2.05) is 62.4 Å². The summed E-state index contributed by atoms with van der Waals surface area (Å²) in [7, 11) is 0. The Balaban J connectivity index is 1.63. The van der Waals surface area contributed by atoms with Crippen LogP contribution in [-0.2, 0) is 4.79 Å². The molecule has 2 bridgehead atoms. The van der Waals surface area contributed by atoms with Gasteiger partial charge in [-0.3, -0.25) is 9.69 Å². The van der Waals surface area contributed by atoms with Gasteiger partial charge in [0.1, 0.15) is 11.7 Å². The molecule has 2 N–H and O–H groups in total. The second-order valence-corrected chi connectivity index (χ2v) is 9.16. The molecule has 2 aliphatic heterocycles. The fourth-order valence-corrected chi connectivity index (χ4v) is 5.07. The number of nitrogens with one attached hydrogen (secondary N) is 2. The predicted molar refractivity (Wildman–Crippen MR) is 129 cm³/mol. The number of hydrogen-bond donors (Lipinski definition) is 2. The first-order valence-electron chi connectivity index (χ1n) is 10.8. The lowest BCUT2D eigenvalue weighted by molar-refractivity contribution is -0.131. The van der Waals surface area contributed by atoms with Crippen LogP contribution in [0.25, 0.3) is 0 Å². The SMILES string of the molecule is Cc1ccc(NC(=O)[C@H]2[C@H]3NC(=O)N(c4ccccc4)[C@@]2(C)Oc2ccc(Cl)cc23)c(C)c1. The van der Waals surface area contributed by atoms with Gasteiger partial charge >= 0.3 is 6.03 Å². The highest BCUT2D eigenvalue weighted by molar-refractivity contribution is 6.30. The quantitative estimate of drug-likeness (QED) is 0.534. The van der Waals surface area contributed by atoms with Gasteiger partial charge < -0.3 is 15.4 Å². The zero-order valence-corrected chi connectivity index (χ0v) is 19.3. The number of nitrogens with zero attached hydrogens (tertiary/aromatic N) is 1. The van der Waals surface area contributed by atoms with Gasteiger partial charge in [-0.25, -0.2) is 4.79 Å². The third kappa shape index (κ3) is 3.51. The zero-order chi connectivity index (χ0) is 23.3. The molecule has 2 heterocycles. The van der Waals surface area contributed by atoms with E-state index in [4.69, 9.17) is 16.3 Å². The molecule has 0 radical (unpaired) electrons. The van der Waals surface area contributed by atoms with Crippen molar-refractivity contribution in [1.29, 1.82) is 0 Å². The largest absolute Gasteiger partial charge is 0.466 e. The minimum atomic E-state index is -1.27. The van der Waals surface area contributed by atoms with Gasteiger partial charge in [0.05, 0.1) is 6.04 Å². The maximum atomic E-state index is 13.8. The smallest absolute Gasteiger partial charge is 0.325 e. The van der Waals surface area contributed by atoms with Crippen molar-refractivity contribution in [2.24, 2.45) is 5.92 Å². The van der Waals surface area contributed by atoms with Crippen LogP contribution in [-0.4, -0.2) is 17.7 Å². The van der Waals surface area contributed by atoms with Crippen molar-refractivity contribution in [3.05, 3.63) is 88.4 Å². The Morgan fingerprint density at radius 2 is 1.85 bits per heavy atom. The highest BCUT2D eigenvalue weighted by atomic mass is 35.5. The van der Waals surface area contributed by atoms with Crippen molar-refractivity contribution in [2.45, 2.75) is 32.5 Å². The summed E-state index contributed by atoms with van der Waals surface area (Å²) in [6.07, 6.45) is 0. The van der Waals surface area contributed by atoms with E-state index < -0.39 is 17.7 Å². The van der Waals surface area contributed by atoms with Crippen LogP contribution in [0.5, 0.6) is 5.75 Å². The van der Waals surface area contributed by atoms with Gasteiger partial charge in [-0.2, -0.15) is 0 Å². The molecule has 6 nitrogen and oxygen atoms in total. The molecule has 168 valence electrons. The molecule has 2 aliphatic rings. The van der Waals surface area contributed by atoms with E-state index in [2.05, 4.69) is 10.6 Å². The molecule has 5 rings (SSSR count). The van der Waals surface area contributed by atoms with E-state index >= 15 is 0 Å². The topological polar surface area (TPSA) is 70.7 Å². The summed E-state index contributed by atoms with van der Waals surface area (Å²) in [5.41, 5.74) is 2.85. The molecule has 1 saturated heterocycles. The molecule has 0 spiro atoms. The maximum absolute atomic E-state index is 13.8. The molecule has 3 aromatic carbocycles. The van der Waals surface area contributed by atoms with E-state index in [1.54, 1.807) is 25.1 Å². The van der Waals surface area contributed by atoms with Crippen molar-refractivity contribution in [2.75, 3.05) is 10.2 Å². The summed E-state index contributed by atoms with van der Waals surface area (Å²) in [4.78, 5) is 28.6. The summed E-state index contributed by atoms with van der Waals surface area (Å²) < 4.78 is 6.45. The zero-order valence-electron chi connectivity index (χ0n) is 18.6. The summed E-state index contributed by atoms with van der Waals surface area (Å²) in [5, 5.41) is 6.60. The molecule has 33 heavy (non-hydrogen) atoms. The number of benzene rings is 3. The van der Waals surface area contributed by atoms with Gasteiger partial charge in [0.2, 0.25) is 11.6 Å². The number of urea groups is 1. The van der Waals surface area contributed by atoms with E-state index in [9.17, 15) is 9.59 Å². The number of fused-ring (bicyclic) bond motifs is 4. The van der Waals surface area contributed by atoms with Crippen LogP contribution < -0.4 is 20.3 Å². The second kappa shape index (κ2) is 7.81. The molecular weight excluding hydrogens is 438 g/mol. The number of amides is 3. The summed E-state index contributed by atoms with van der Waals surface area (Å²) in [5.74, 6) is -0.411. The highest BCUT2D eigenvalue weighted by Crippen LogP contribution is 2.50. The van der Waals surface area contributed by atoms with Crippen molar-refractivity contribution in [3.63, 3.8) is 0 Å². The number of ether oxygens (including phenoxy) is 1. The number of hydrogen-bond acceptors (Lipinski definition) is 3. The Bertz CT molecular complexity index is 1260. The normalized spacial score (nSPS) is 23.3. The Kier molecular flexibility index (Phi) is 5.05. The second-order valence-electron chi connectivity index (χ2n) is 8.72. The molecule has 0 saturated carbocycles. The molecule has 0 aliphatic carbocycles. The van der Waals surface area contributed by atoms with Crippen LogP contribution in [0, 0.1) is 19.8 Å². The molecule has 0 aromatic heterocycles. The molecule has 0 unspecified atom stereocenters. The molecule has 3 aromatic rings. The van der Waals surface area contributed by atoms with Gasteiger partial charge in [-0.1, -0.05) is 47.5 Å². The Morgan fingerprint density at radius 3 is 2.58 bits per heavy atom. The number of aryl methyl sites for hydroxylation is 2. The van der Waals surface area contributed by atoms with Crippen LogP contribution >= 0.6 is 11.6 Å². The van der Waals surface area contributed by atoms with Gasteiger partial charge in [0, 0.05) is 22.0 Å². The van der Waals surface area contributed by atoms with Crippen molar-refractivity contribution < 1.29 is 14.3 Å². The Hall–Kier alpha value is -3.51. The molecule has 1 fully saturated rings. The van der Waals surface area contributed by atoms with Crippen LogP contribution in [0.2, 0.25) is 5.02 Å². The number of carbonyl (C=O) groups excluding carboxylic acids is 2.